The maximum absolute atomic E-state index is 7.03. The summed E-state index contributed by atoms with van der Waals surface area (Å²) in [6.07, 6.45) is 18.3. The van der Waals surface area contributed by atoms with E-state index < -0.39 is 0 Å². The second kappa shape index (κ2) is 21.4. The Hall–Kier alpha value is -0.360. The average Bonchev–Trinajstić information content (AvgIpc) is 3.46. The molecule has 0 bridgehead atoms. The summed E-state index contributed by atoms with van der Waals surface area (Å²) in [6.45, 7) is 17.4. The fraction of sp³-hybridized carbons (Fsp3) is 1.00. The molecule has 288 valence electrons. The molecule has 0 aromatic carbocycles. The number of ether oxygens (including phenoxy) is 3. The van der Waals surface area contributed by atoms with E-state index in [1.54, 1.807) is 0 Å². The highest BCUT2D eigenvalue weighted by atomic mass is 16.5. The molecule has 0 spiro atoms. The SMILES string of the molecule is C[C@H](CCCNCCCCNCCCN)C1CC[C@H]2C3[C@H](OCCCN)CC4C[C@H](OCCCN)CC[C@]4(C)[C@H]3C[C@H](OCCCN)[C@]12C. The van der Waals surface area contributed by atoms with Crippen LogP contribution in [0.5, 0.6) is 0 Å². The Morgan fingerprint density at radius 1 is 0.653 bits per heavy atom. The van der Waals surface area contributed by atoms with Crippen LogP contribution < -0.4 is 33.6 Å². The number of fused-ring (bicyclic) bond motifs is 5. The molecule has 9 nitrogen and oxygen atoms in total. The summed E-state index contributed by atoms with van der Waals surface area (Å²) in [6, 6.07) is 0. The van der Waals surface area contributed by atoms with Gasteiger partial charge in [-0.1, -0.05) is 20.8 Å². The highest BCUT2D eigenvalue weighted by Gasteiger charge is 2.66. The number of unbranched alkanes of at least 4 members (excludes halogenated alkanes) is 1. The minimum absolute atomic E-state index is 0.167. The highest BCUT2D eigenvalue weighted by molar-refractivity contribution is 5.15. The van der Waals surface area contributed by atoms with Crippen LogP contribution in [0.15, 0.2) is 0 Å². The van der Waals surface area contributed by atoms with Gasteiger partial charge in [0, 0.05) is 25.2 Å². The van der Waals surface area contributed by atoms with Gasteiger partial charge in [-0.15, -0.1) is 0 Å². The Morgan fingerprint density at radius 2 is 1.27 bits per heavy atom. The minimum atomic E-state index is 0.167. The van der Waals surface area contributed by atoms with Crippen molar-refractivity contribution in [2.75, 3.05) is 72.2 Å². The Balaban J connectivity index is 1.44. The summed E-state index contributed by atoms with van der Waals surface area (Å²) in [5.41, 5.74) is 23.8. The van der Waals surface area contributed by atoms with Crippen LogP contribution in [0.3, 0.4) is 0 Å². The Morgan fingerprint density at radius 3 is 1.94 bits per heavy atom. The summed E-state index contributed by atoms with van der Waals surface area (Å²) >= 11 is 0. The summed E-state index contributed by atoms with van der Waals surface area (Å²) in [5, 5.41) is 7.23. The van der Waals surface area contributed by atoms with Gasteiger partial charge in [0.2, 0.25) is 0 Å². The molecular weight excluding hydrogens is 612 g/mol. The van der Waals surface area contributed by atoms with E-state index in [-0.39, 0.29) is 11.5 Å². The van der Waals surface area contributed by atoms with Gasteiger partial charge < -0.3 is 47.8 Å². The maximum atomic E-state index is 7.03. The molecule has 49 heavy (non-hydrogen) atoms. The molecule has 0 aromatic rings. The fourth-order valence-electron chi connectivity index (χ4n) is 11.3. The van der Waals surface area contributed by atoms with E-state index >= 15 is 0 Å². The van der Waals surface area contributed by atoms with E-state index in [0.29, 0.717) is 72.8 Å². The van der Waals surface area contributed by atoms with Crippen molar-refractivity contribution >= 4 is 0 Å². The molecule has 0 saturated heterocycles. The van der Waals surface area contributed by atoms with Crippen LogP contribution in [0, 0.1) is 46.3 Å². The van der Waals surface area contributed by atoms with Gasteiger partial charge in [0.25, 0.3) is 0 Å². The lowest BCUT2D eigenvalue weighted by atomic mass is 9.43. The van der Waals surface area contributed by atoms with Gasteiger partial charge in [0.15, 0.2) is 0 Å². The van der Waals surface area contributed by atoms with Gasteiger partial charge in [-0.2, -0.15) is 0 Å². The van der Waals surface area contributed by atoms with Crippen molar-refractivity contribution in [1.29, 1.82) is 0 Å². The van der Waals surface area contributed by atoms with Crippen molar-refractivity contribution in [2.45, 2.75) is 135 Å². The number of hydrogen-bond donors (Lipinski definition) is 6. The molecule has 4 aliphatic rings. The largest absolute Gasteiger partial charge is 0.378 e. The predicted octanol–water partition coefficient (Wildman–Crippen LogP) is 4.79. The van der Waals surface area contributed by atoms with E-state index in [2.05, 4.69) is 31.4 Å². The van der Waals surface area contributed by atoms with Crippen molar-refractivity contribution in [1.82, 2.24) is 10.6 Å². The van der Waals surface area contributed by atoms with Crippen LogP contribution in [0.25, 0.3) is 0 Å². The molecule has 3 unspecified atom stereocenters. The normalized spacial score (nSPS) is 36.3. The first-order chi connectivity index (χ1) is 23.8. The number of rotatable bonds is 25. The van der Waals surface area contributed by atoms with Crippen LogP contribution in [0.2, 0.25) is 0 Å². The van der Waals surface area contributed by atoms with Crippen LogP contribution in [-0.4, -0.2) is 90.5 Å². The quantitative estimate of drug-likeness (QED) is 0.0741. The lowest BCUT2D eigenvalue weighted by Crippen LogP contribution is -2.63. The first kappa shape index (κ1) is 41.4. The molecule has 0 aromatic heterocycles. The summed E-state index contributed by atoms with van der Waals surface area (Å²) in [4.78, 5) is 0. The van der Waals surface area contributed by atoms with Crippen LogP contribution >= 0.6 is 0 Å². The first-order valence-electron chi connectivity index (χ1n) is 20.9. The van der Waals surface area contributed by atoms with E-state index in [4.69, 9.17) is 37.1 Å². The van der Waals surface area contributed by atoms with E-state index in [0.717, 1.165) is 91.1 Å². The molecule has 4 fully saturated rings. The van der Waals surface area contributed by atoms with E-state index in [1.165, 1.54) is 57.8 Å². The summed E-state index contributed by atoms with van der Waals surface area (Å²) in [7, 11) is 0. The highest BCUT2D eigenvalue weighted by Crippen LogP contribution is 2.69. The standard InChI is InChI=1S/C40H80N6O3/c1-30(11-6-22-45-20-4-5-21-46-23-7-16-41)33-12-13-34-38-35(29-37(40(33,34)3)49-26-10-19-44)39(2)15-14-32(47-24-8-17-42)27-31(39)28-36(38)48-25-9-18-43/h30-38,45-46H,4-29,41-44H2,1-3H3/t30-,31?,32-,33?,34+,35+,36-,37+,38?,39+,40-/m1/s1. The molecule has 4 saturated carbocycles. The number of hydrogen-bond acceptors (Lipinski definition) is 9. The summed E-state index contributed by atoms with van der Waals surface area (Å²) < 4.78 is 20.4. The van der Waals surface area contributed by atoms with Crippen molar-refractivity contribution in [3.63, 3.8) is 0 Å². The maximum Gasteiger partial charge on any atom is 0.0637 e. The zero-order valence-corrected chi connectivity index (χ0v) is 32.1. The van der Waals surface area contributed by atoms with Crippen LogP contribution in [0.4, 0.5) is 0 Å². The van der Waals surface area contributed by atoms with E-state index in [9.17, 15) is 0 Å². The predicted molar refractivity (Wildman–Crippen MR) is 203 cm³/mol. The molecule has 0 radical (unpaired) electrons. The lowest BCUT2D eigenvalue weighted by molar-refractivity contribution is -0.227. The smallest absolute Gasteiger partial charge is 0.0637 e. The Bertz CT molecular complexity index is 900. The minimum Gasteiger partial charge on any atom is -0.378 e. The lowest BCUT2D eigenvalue weighted by Gasteiger charge is -2.65. The third kappa shape index (κ3) is 10.6. The molecule has 0 aliphatic heterocycles. The molecular formula is C40H80N6O3. The molecule has 0 amide bonds. The zero-order valence-electron chi connectivity index (χ0n) is 32.1. The number of nitrogens with one attached hydrogen (secondary N) is 2. The topological polar surface area (TPSA) is 156 Å². The zero-order chi connectivity index (χ0) is 35.1. The van der Waals surface area contributed by atoms with Crippen LogP contribution in [-0.2, 0) is 14.2 Å². The molecule has 9 heteroatoms. The van der Waals surface area contributed by atoms with Gasteiger partial charge in [-0.3, -0.25) is 0 Å². The molecule has 4 aliphatic carbocycles. The average molecular weight is 693 g/mol. The molecule has 10 N–H and O–H groups in total. The Labute approximate surface area is 301 Å². The Kier molecular flexibility index (Phi) is 18.1. The van der Waals surface area contributed by atoms with E-state index in [1.807, 2.05) is 0 Å². The van der Waals surface area contributed by atoms with Crippen LogP contribution in [0.1, 0.15) is 117 Å². The molecule has 11 atom stereocenters. The second-order valence-corrected chi connectivity index (χ2v) is 16.9. The fourth-order valence-corrected chi connectivity index (χ4v) is 11.3. The second-order valence-electron chi connectivity index (χ2n) is 16.9. The summed E-state index contributed by atoms with van der Waals surface area (Å²) in [5.74, 6) is 3.84. The van der Waals surface area contributed by atoms with Gasteiger partial charge >= 0.3 is 0 Å². The van der Waals surface area contributed by atoms with Gasteiger partial charge in [-0.25, -0.2) is 0 Å². The third-order valence-electron chi connectivity index (χ3n) is 14.0. The molecule has 0 heterocycles. The van der Waals surface area contributed by atoms with Gasteiger partial charge in [0.1, 0.15) is 0 Å². The van der Waals surface area contributed by atoms with Crippen molar-refractivity contribution in [2.24, 2.45) is 69.3 Å². The number of nitrogens with two attached hydrogens (primary N) is 4. The van der Waals surface area contributed by atoms with Crippen molar-refractivity contribution < 1.29 is 14.2 Å². The van der Waals surface area contributed by atoms with Gasteiger partial charge in [-0.05, 0) is 190 Å². The first-order valence-corrected chi connectivity index (χ1v) is 20.9. The molecule has 4 rings (SSSR count). The van der Waals surface area contributed by atoms with Gasteiger partial charge in [0.05, 0.1) is 18.3 Å². The third-order valence-corrected chi connectivity index (χ3v) is 14.0. The van der Waals surface area contributed by atoms with Crippen molar-refractivity contribution in [3.8, 4) is 0 Å². The monoisotopic (exact) mass is 693 g/mol. The van der Waals surface area contributed by atoms with Crippen molar-refractivity contribution in [3.05, 3.63) is 0 Å².